The van der Waals surface area contributed by atoms with E-state index >= 15 is 0 Å². The molecule has 0 saturated carbocycles. The van der Waals surface area contributed by atoms with E-state index in [0.29, 0.717) is 0 Å². The fourth-order valence-electron chi connectivity index (χ4n) is 1.00. The molecule has 0 amide bonds. The zero-order valence-corrected chi connectivity index (χ0v) is 7.04. The Morgan fingerprint density at radius 1 is 1.42 bits per heavy atom. The minimum atomic E-state index is 0.970. The summed E-state index contributed by atoms with van der Waals surface area (Å²) in [6.45, 7) is 0. The van der Waals surface area contributed by atoms with Gasteiger partial charge in [-0.15, -0.1) is 6.42 Å². The lowest BCUT2D eigenvalue weighted by Crippen LogP contribution is -2.03. The quantitative estimate of drug-likeness (QED) is 0.646. The second kappa shape index (κ2) is 4.25. The number of allylic oxidation sites excluding steroid dienone is 1. The van der Waals surface area contributed by atoms with Crippen molar-refractivity contribution in [3.8, 4) is 12.3 Å². The Labute approximate surface area is 73.1 Å². The highest BCUT2D eigenvalue weighted by molar-refractivity contribution is 5.65. The van der Waals surface area contributed by atoms with Crippen LogP contribution in [0.25, 0.3) is 5.70 Å². The predicted molar refractivity (Wildman–Crippen MR) is 52.3 cm³/mol. The Kier molecular flexibility index (Phi) is 2.98. The summed E-state index contributed by atoms with van der Waals surface area (Å²) < 4.78 is 0. The average Bonchev–Trinajstić information content (AvgIpc) is 2.15. The molecule has 1 aromatic rings. The van der Waals surface area contributed by atoms with Gasteiger partial charge in [-0.25, -0.2) is 0 Å². The highest BCUT2D eigenvalue weighted by Gasteiger charge is 1.94. The zero-order chi connectivity index (χ0) is 8.81. The number of hydrogen-bond acceptors (Lipinski definition) is 1. The fraction of sp³-hybridized carbons (Fsp3) is 0.0909. The van der Waals surface area contributed by atoms with Gasteiger partial charge < -0.3 is 5.32 Å². The van der Waals surface area contributed by atoms with Crippen LogP contribution in [0.5, 0.6) is 0 Å². The molecule has 0 aromatic heterocycles. The largest absolute Gasteiger partial charge is 0.387 e. The summed E-state index contributed by atoms with van der Waals surface area (Å²) in [7, 11) is 1.86. The minimum absolute atomic E-state index is 0.970. The molecule has 0 radical (unpaired) electrons. The van der Waals surface area contributed by atoms with E-state index in [2.05, 4.69) is 11.2 Å². The van der Waals surface area contributed by atoms with Crippen molar-refractivity contribution in [1.29, 1.82) is 0 Å². The molecule has 60 valence electrons. The third-order valence-corrected chi connectivity index (χ3v) is 1.58. The number of nitrogens with one attached hydrogen (secondary N) is 1. The fourth-order valence-corrected chi connectivity index (χ4v) is 1.00. The van der Waals surface area contributed by atoms with Crippen LogP contribution in [-0.4, -0.2) is 7.05 Å². The lowest BCUT2D eigenvalue weighted by molar-refractivity contribution is 1.13. The van der Waals surface area contributed by atoms with E-state index < -0.39 is 0 Å². The Balaban J connectivity index is 2.98. The van der Waals surface area contributed by atoms with Crippen LogP contribution < -0.4 is 5.32 Å². The minimum Gasteiger partial charge on any atom is -0.387 e. The molecule has 1 nitrogen and oxygen atoms in total. The maximum absolute atomic E-state index is 5.18. The summed E-state index contributed by atoms with van der Waals surface area (Å²) in [5.74, 6) is 2.49. The Morgan fingerprint density at radius 3 is 2.58 bits per heavy atom. The van der Waals surface area contributed by atoms with Gasteiger partial charge in [0.05, 0.1) is 0 Å². The van der Waals surface area contributed by atoms with Crippen LogP contribution >= 0.6 is 0 Å². The Hall–Kier alpha value is -1.68. The standard InChI is InChI=1S/C11H11N/c1-3-7-11(12-2)10-8-5-4-6-9-10/h1,4-9,12H,2H3/b11-7-. The number of terminal acetylenes is 1. The van der Waals surface area contributed by atoms with Crippen LogP contribution in [0.4, 0.5) is 0 Å². The second-order valence-electron chi connectivity index (χ2n) is 2.34. The first-order valence-corrected chi connectivity index (χ1v) is 3.78. The van der Waals surface area contributed by atoms with Crippen LogP contribution in [0, 0.1) is 12.3 Å². The predicted octanol–water partition coefficient (Wildman–Crippen LogP) is 1.88. The highest BCUT2D eigenvalue weighted by atomic mass is 14.8. The summed E-state index contributed by atoms with van der Waals surface area (Å²) in [5.41, 5.74) is 2.08. The van der Waals surface area contributed by atoms with Crippen molar-refractivity contribution >= 4 is 5.70 Å². The lowest BCUT2D eigenvalue weighted by Gasteiger charge is -2.04. The summed E-state index contributed by atoms with van der Waals surface area (Å²) in [6.07, 6.45) is 6.89. The smallest absolute Gasteiger partial charge is 0.0495 e. The topological polar surface area (TPSA) is 12.0 Å². The molecule has 0 unspecified atom stereocenters. The first-order chi connectivity index (χ1) is 5.88. The Morgan fingerprint density at radius 2 is 2.08 bits per heavy atom. The monoisotopic (exact) mass is 157 g/mol. The molecule has 1 aromatic carbocycles. The molecule has 0 saturated heterocycles. The van der Waals surface area contributed by atoms with Gasteiger partial charge in [0, 0.05) is 18.8 Å². The molecule has 0 aliphatic rings. The number of rotatable bonds is 2. The Bertz CT molecular complexity index is 304. The van der Waals surface area contributed by atoms with Gasteiger partial charge >= 0.3 is 0 Å². The van der Waals surface area contributed by atoms with E-state index in [-0.39, 0.29) is 0 Å². The summed E-state index contributed by atoms with van der Waals surface area (Å²) in [6, 6.07) is 9.97. The van der Waals surface area contributed by atoms with Crippen molar-refractivity contribution in [3.05, 3.63) is 42.0 Å². The highest BCUT2D eigenvalue weighted by Crippen LogP contribution is 2.08. The second-order valence-corrected chi connectivity index (χ2v) is 2.34. The summed E-state index contributed by atoms with van der Waals surface area (Å²) in [5, 5.41) is 3.04. The van der Waals surface area contributed by atoms with Gasteiger partial charge in [-0.05, 0) is 5.56 Å². The molecular weight excluding hydrogens is 146 g/mol. The van der Waals surface area contributed by atoms with E-state index in [1.165, 1.54) is 0 Å². The summed E-state index contributed by atoms with van der Waals surface area (Å²) in [4.78, 5) is 0. The van der Waals surface area contributed by atoms with E-state index in [4.69, 9.17) is 6.42 Å². The normalized spacial score (nSPS) is 10.5. The van der Waals surface area contributed by atoms with Crippen molar-refractivity contribution in [2.24, 2.45) is 0 Å². The van der Waals surface area contributed by atoms with E-state index in [9.17, 15) is 0 Å². The molecule has 0 aliphatic carbocycles. The van der Waals surface area contributed by atoms with Crippen molar-refractivity contribution in [1.82, 2.24) is 5.32 Å². The molecule has 0 aliphatic heterocycles. The van der Waals surface area contributed by atoms with Gasteiger partial charge in [-0.1, -0.05) is 36.3 Å². The van der Waals surface area contributed by atoms with E-state index in [1.807, 2.05) is 37.4 Å². The first kappa shape index (κ1) is 8.42. The molecule has 0 heterocycles. The van der Waals surface area contributed by atoms with E-state index in [0.717, 1.165) is 11.3 Å². The third-order valence-electron chi connectivity index (χ3n) is 1.58. The van der Waals surface area contributed by atoms with Gasteiger partial charge in [-0.3, -0.25) is 0 Å². The van der Waals surface area contributed by atoms with Crippen molar-refractivity contribution in [3.63, 3.8) is 0 Å². The molecule has 12 heavy (non-hydrogen) atoms. The lowest BCUT2D eigenvalue weighted by atomic mass is 10.1. The molecule has 0 spiro atoms. The van der Waals surface area contributed by atoms with Crippen LogP contribution in [0.2, 0.25) is 0 Å². The van der Waals surface area contributed by atoms with Gasteiger partial charge in [0.15, 0.2) is 0 Å². The van der Waals surface area contributed by atoms with Crippen LogP contribution in [0.15, 0.2) is 36.4 Å². The molecule has 1 rings (SSSR count). The van der Waals surface area contributed by atoms with Gasteiger partial charge in [0.1, 0.15) is 0 Å². The van der Waals surface area contributed by atoms with Gasteiger partial charge in [0.2, 0.25) is 0 Å². The first-order valence-electron chi connectivity index (χ1n) is 3.78. The summed E-state index contributed by atoms with van der Waals surface area (Å²) >= 11 is 0. The maximum atomic E-state index is 5.18. The van der Waals surface area contributed by atoms with Crippen molar-refractivity contribution < 1.29 is 0 Å². The van der Waals surface area contributed by atoms with Crippen LogP contribution in [0.3, 0.4) is 0 Å². The third kappa shape index (κ3) is 1.90. The number of benzene rings is 1. The molecule has 0 atom stereocenters. The molecule has 1 N–H and O–H groups in total. The maximum Gasteiger partial charge on any atom is 0.0495 e. The van der Waals surface area contributed by atoms with Crippen LogP contribution in [-0.2, 0) is 0 Å². The molecule has 0 bridgehead atoms. The van der Waals surface area contributed by atoms with Gasteiger partial charge in [-0.2, -0.15) is 0 Å². The van der Waals surface area contributed by atoms with Gasteiger partial charge in [0.25, 0.3) is 0 Å². The van der Waals surface area contributed by atoms with Crippen molar-refractivity contribution in [2.45, 2.75) is 0 Å². The van der Waals surface area contributed by atoms with Crippen molar-refractivity contribution in [2.75, 3.05) is 7.05 Å². The molecule has 1 heteroatoms. The number of hydrogen-bond donors (Lipinski definition) is 1. The van der Waals surface area contributed by atoms with Crippen LogP contribution in [0.1, 0.15) is 5.56 Å². The SMILES string of the molecule is C#C/C=C(\NC)c1ccccc1. The molecular formula is C11H11N. The molecule has 0 fully saturated rings. The average molecular weight is 157 g/mol. The van der Waals surface area contributed by atoms with E-state index in [1.54, 1.807) is 6.08 Å². The zero-order valence-electron chi connectivity index (χ0n) is 7.04.